The number of ether oxygens (including phenoxy) is 1. The maximum atomic E-state index is 8.69. The van der Waals surface area contributed by atoms with Crippen LogP contribution in [0, 0.1) is 5.92 Å². The molecule has 0 aromatic carbocycles. The van der Waals surface area contributed by atoms with E-state index in [0.717, 1.165) is 13.0 Å². The smallest absolute Gasteiger partial charge is 0.0626 e. The summed E-state index contributed by atoms with van der Waals surface area (Å²) >= 11 is 0. The van der Waals surface area contributed by atoms with E-state index in [-0.39, 0.29) is 0 Å². The van der Waals surface area contributed by atoms with Gasteiger partial charge in [-0.1, -0.05) is 19.8 Å². The first kappa shape index (κ1) is 9.01. The molecule has 66 valence electrons. The quantitative estimate of drug-likeness (QED) is 0.658. The molecule has 1 rings (SSSR count). The second-order valence-corrected chi connectivity index (χ2v) is 3.29. The molecule has 2 unspecified atom stereocenters. The van der Waals surface area contributed by atoms with E-state index in [2.05, 4.69) is 6.92 Å². The summed E-state index contributed by atoms with van der Waals surface area (Å²) in [4.78, 5) is 0. The van der Waals surface area contributed by atoms with Gasteiger partial charge in [0.1, 0.15) is 0 Å². The fraction of sp³-hybridized carbons (Fsp3) is 1.00. The van der Waals surface area contributed by atoms with E-state index >= 15 is 0 Å². The summed E-state index contributed by atoms with van der Waals surface area (Å²) < 4.78 is 5.39. The standard InChI is InChI=1S/C9H18O2/c1-2-3-4-9-8(5-6-10)7-11-9/h8-10H,2-7H2,1H3. The lowest BCUT2D eigenvalue weighted by molar-refractivity contribution is -0.124. The topological polar surface area (TPSA) is 29.5 Å². The van der Waals surface area contributed by atoms with E-state index in [9.17, 15) is 0 Å². The van der Waals surface area contributed by atoms with Gasteiger partial charge in [0.2, 0.25) is 0 Å². The van der Waals surface area contributed by atoms with Crippen LogP contribution in [0.3, 0.4) is 0 Å². The molecule has 0 radical (unpaired) electrons. The first-order valence-corrected chi connectivity index (χ1v) is 4.61. The van der Waals surface area contributed by atoms with Gasteiger partial charge in [-0.2, -0.15) is 0 Å². The molecule has 1 aliphatic rings. The van der Waals surface area contributed by atoms with Crippen LogP contribution >= 0.6 is 0 Å². The molecule has 1 heterocycles. The first-order chi connectivity index (χ1) is 5.38. The Bertz CT molecular complexity index is 104. The minimum absolute atomic E-state index is 0.316. The van der Waals surface area contributed by atoms with Crippen molar-refractivity contribution in [2.75, 3.05) is 13.2 Å². The van der Waals surface area contributed by atoms with Crippen LogP contribution in [0.1, 0.15) is 32.6 Å². The average molecular weight is 158 g/mol. The highest BCUT2D eigenvalue weighted by Crippen LogP contribution is 2.27. The second-order valence-electron chi connectivity index (χ2n) is 3.29. The van der Waals surface area contributed by atoms with Gasteiger partial charge in [0.25, 0.3) is 0 Å². The molecule has 0 aromatic heterocycles. The third kappa shape index (κ3) is 2.46. The molecule has 0 spiro atoms. The molecule has 2 nitrogen and oxygen atoms in total. The van der Waals surface area contributed by atoms with E-state index in [1.165, 1.54) is 19.3 Å². The highest BCUT2D eigenvalue weighted by Gasteiger charge is 2.30. The van der Waals surface area contributed by atoms with Gasteiger partial charge >= 0.3 is 0 Å². The van der Waals surface area contributed by atoms with Gasteiger partial charge in [-0.3, -0.25) is 0 Å². The van der Waals surface area contributed by atoms with Crippen molar-refractivity contribution in [2.45, 2.75) is 38.7 Å². The van der Waals surface area contributed by atoms with Crippen LogP contribution in [-0.2, 0) is 4.74 Å². The van der Waals surface area contributed by atoms with E-state index in [0.29, 0.717) is 18.6 Å². The summed E-state index contributed by atoms with van der Waals surface area (Å²) in [6, 6.07) is 0. The number of aliphatic hydroxyl groups is 1. The number of unbranched alkanes of at least 4 members (excludes halogenated alkanes) is 1. The van der Waals surface area contributed by atoms with E-state index < -0.39 is 0 Å². The van der Waals surface area contributed by atoms with Crippen molar-refractivity contribution in [3.8, 4) is 0 Å². The fourth-order valence-electron chi connectivity index (χ4n) is 1.53. The van der Waals surface area contributed by atoms with Crippen LogP contribution in [0.15, 0.2) is 0 Å². The Labute approximate surface area is 68.6 Å². The molecule has 2 atom stereocenters. The molecule has 0 bridgehead atoms. The SMILES string of the molecule is CCCCC1OCC1CCO. The van der Waals surface area contributed by atoms with Crippen molar-refractivity contribution >= 4 is 0 Å². The number of rotatable bonds is 5. The third-order valence-corrected chi connectivity index (χ3v) is 2.39. The van der Waals surface area contributed by atoms with E-state index in [1.807, 2.05) is 0 Å². The maximum Gasteiger partial charge on any atom is 0.0626 e. The van der Waals surface area contributed by atoms with Gasteiger partial charge in [0.15, 0.2) is 0 Å². The van der Waals surface area contributed by atoms with Gasteiger partial charge in [0, 0.05) is 12.5 Å². The largest absolute Gasteiger partial charge is 0.396 e. The Morgan fingerprint density at radius 2 is 2.27 bits per heavy atom. The zero-order valence-corrected chi connectivity index (χ0v) is 7.25. The van der Waals surface area contributed by atoms with Gasteiger partial charge in [-0.15, -0.1) is 0 Å². The lowest BCUT2D eigenvalue weighted by Crippen LogP contribution is -2.40. The van der Waals surface area contributed by atoms with Crippen LogP contribution in [0.4, 0.5) is 0 Å². The monoisotopic (exact) mass is 158 g/mol. The molecule has 0 saturated carbocycles. The Balaban J connectivity index is 2.05. The third-order valence-electron chi connectivity index (χ3n) is 2.39. The lowest BCUT2D eigenvalue weighted by atomic mass is 9.91. The normalized spacial score (nSPS) is 30.0. The van der Waals surface area contributed by atoms with Crippen LogP contribution in [0.5, 0.6) is 0 Å². The van der Waals surface area contributed by atoms with Crippen molar-refractivity contribution in [1.82, 2.24) is 0 Å². The van der Waals surface area contributed by atoms with E-state index in [1.54, 1.807) is 0 Å². The Morgan fingerprint density at radius 3 is 2.73 bits per heavy atom. The minimum Gasteiger partial charge on any atom is -0.396 e. The first-order valence-electron chi connectivity index (χ1n) is 4.61. The molecular weight excluding hydrogens is 140 g/mol. The zero-order chi connectivity index (χ0) is 8.10. The molecule has 11 heavy (non-hydrogen) atoms. The lowest BCUT2D eigenvalue weighted by Gasteiger charge is -2.36. The summed E-state index contributed by atoms with van der Waals surface area (Å²) in [5, 5.41) is 8.69. The molecule has 1 saturated heterocycles. The Kier molecular flexibility index (Phi) is 3.87. The Hall–Kier alpha value is -0.0800. The van der Waals surface area contributed by atoms with Crippen molar-refractivity contribution in [3.63, 3.8) is 0 Å². The number of aliphatic hydroxyl groups excluding tert-OH is 1. The molecule has 0 aromatic rings. The van der Waals surface area contributed by atoms with Crippen LogP contribution < -0.4 is 0 Å². The van der Waals surface area contributed by atoms with Crippen LogP contribution in [0.25, 0.3) is 0 Å². The van der Waals surface area contributed by atoms with Crippen LogP contribution in [-0.4, -0.2) is 24.4 Å². The van der Waals surface area contributed by atoms with Gasteiger partial charge in [-0.25, -0.2) is 0 Å². The number of hydrogen-bond donors (Lipinski definition) is 1. The molecule has 2 heteroatoms. The summed E-state index contributed by atoms with van der Waals surface area (Å²) in [6.07, 6.45) is 5.07. The molecular formula is C9H18O2. The molecule has 0 aliphatic carbocycles. The minimum atomic E-state index is 0.316. The van der Waals surface area contributed by atoms with Crippen LogP contribution in [0.2, 0.25) is 0 Å². The summed E-state index contributed by atoms with van der Waals surface area (Å²) in [5.74, 6) is 0.645. The molecule has 0 amide bonds. The highest BCUT2D eigenvalue weighted by molar-refractivity contribution is 4.78. The van der Waals surface area contributed by atoms with Gasteiger partial charge in [0.05, 0.1) is 12.7 Å². The van der Waals surface area contributed by atoms with Crippen molar-refractivity contribution in [1.29, 1.82) is 0 Å². The maximum absolute atomic E-state index is 8.69. The highest BCUT2D eigenvalue weighted by atomic mass is 16.5. The molecule has 1 N–H and O–H groups in total. The average Bonchev–Trinajstić information content (AvgIpc) is 1.99. The summed E-state index contributed by atoms with van der Waals surface area (Å²) in [7, 11) is 0. The number of hydrogen-bond acceptors (Lipinski definition) is 2. The Morgan fingerprint density at radius 1 is 1.45 bits per heavy atom. The van der Waals surface area contributed by atoms with Gasteiger partial charge < -0.3 is 9.84 Å². The zero-order valence-electron chi connectivity index (χ0n) is 7.25. The predicted octanol–water partition coefficient (Wildman–Crippen LogP) is 1.57. The van der Waals surface area contributed by atoms with E-state index in [4.69, 9.17) is 9.84 Å². The fourth-order valence-corrected chi connectivity index (χ4v) is 1.53. The molecule has 1 aliphatic heterocycles. The molecule has 1 fully saturated rings. The summed E-state index contributed by atoms with van der Waals surface area (Å²) in [6.45, 7) is 3.38. The summed E-state index contributed by atoms with van der Waals surface area (Å²) in [5.41, 5.74) is 0. The van der Waals surface area contributed by atoms with Crippen molar-refractivity contribution < 1.29 is 9.84 Å². The second kappa shape index (κ2) is 4.73. The van der Waals surface area contributed by atoms with Gasteiger partial charge in [-0.05, 0) is 12.8 Å². The van der Waals surface area contributed by atoms with Crippen molar-refractivity contribution in [3.05, 3.63) is 0 Å². The predicted molar refractivity (Wildman–Crippen MR) is 44.5 cm³/mol. The van der Waals surface area contributed by atoms with Crippen molar-refractivity contribution in [2.24, 2.45) is 5.92 Å².